The van der Waals surface area contributed by atoms with Gasteiger partial charge in [0.2, 0.25) is 0 Å². The lowest BCUT2D eigenvalue weighted by atomic mass is 10.1. The van der Waals surface area contributed by atoms with Gasteiger partial charge in [0, 0.05) is 43.9 Å². The van der Waals surface area contributed by atoms with E-state index in [-0.39, 0.29) is 11.9 Å². The van der Waals surface area contributed by atoms with E-state index in [0.717, 1.165) is 19.4 Å². The highest BCUT2D eigenvalue weighted by molar-refractivity contribution is 5.95. The fourth-order valence-electron chi connectivity index (χ4n) is 3.19. The Hall–Kier alpha value is -2.86. The molecule has 0 aliphatic carbocycles. The average Bonchev–Trinajstić information content (AvgIpc) is 3.22. The summed E-state index contributed by atoms with van der Waals surface area (Å²) in [5.41, 5.74) is 2.43. The van der Waals surface area contributed by atoms with Crippen molar-refractivity contribution in [3.8, 4) is 0 Å². The van der Waals surface area contributed by atoms with Crippen molar-refractivity contribution in [1.29, 1.82) is 0 Å². The van der Waals surface area contributed by atoms with Gasteiger partial charge < -0.3 is 20.3 Å². The van der Waals surface area contributed by atoms with Crippen molar-refractivity contribution in [3.63, 3.8) is 0 Å². The second-order valence-electron chi connectivity index (χ2n) is 7.11. The van der Waals surface area contributed by atoms with Gasteiger partial charge in [-0.05, 0) is 42.7 Å². The highest BCUT2D eigenvalue weighted by Gasteiger charge is 2.20. The smallest absolute Gasteiger partial charge is 0.321 e. The summed E-state index contributed by atoms with van der Waals surface area (Å²) in [5.74, 6) is 0.282. The Bertz CT molecular complexity index is 771. The highest BCUT2D eigenvalue weighted by Crippen LogP contribution is 2.15. The van der Waals surface area contributed by atoms with Crippen LogP contribution in [0.15, 0.2) is 54.6 Å². The Morgan fingerprint density at radius 3 is 2.54 bits per heavy atom. The van der Waals surface area contributed by atoms with Crippen LogP contribution in [-0.2, 0) is 11.2 Å². The number of amides is 3. The molecule has 1 aliphatic rings. The fraction of sp³-hybridized carbons (Fsp3) is 0.364. The summed E-state index contributed by atoms with van der Waals surface area (Å²) in [4.78, 5) is 26.2. The van der Waals surface area contributed by atoms with Gasteiger partial charge in [-0.2, -0.15) is 0 Å². The lowest BCUT2D eigenvalue weighted by Crippen LogP contribution is -2.35. The van der Waals surface area contributed by atoms with Crippen molar-refractivity contribution in [2.24, 2.45) is 5.92 Å². The Morgan fingerprint density at radius 2 is 1.86 bits per heavy atom. The van der Waals surface area contributed by atoms with Crippen LogP contribution in [0.25, 0.3) is 0 Å². The first-order valence-electron chi connectivity index (χ1n) is 9.64. The number of anilines is 1. The van der Waals surface area contributed by atoms with Gasteiger partial charge in [0.25, 0.3) is 5.91 Å². The number of nitrogens with one attached hydrogen (secondary N) is 2. The number of hydrogen-bond donors (Lipinski definition) is 2. The summed E-state index contributed by atoms with van der Waals surface area (Å²) in [6.07, 6.45) is 1.78. The molecule has 1 saturated heterocycles. The molecule has 0 spiro atoms. The number of rotatable bonds is 7. The van der Waals surface area contributed by atoms with Crippen LogP contribution in [-0.4, -0.2) is 50.2 Å². The van der Waals surface area contributed by atoms with Crippen LogP contribution in [0.5, 0.6) is 0 Å². The van der Waals surface area contributed by atoms with Gasteiger partial charge in [-0.1, -0.05) is 30.3 Å². The van der Waals surface area contributed by atoms with Gasteiger partial charge in [0.15, 0.2) is 0 Å². The number of ether oxygens (including phenoxy) is 1. The van der Waals surface area contributed by atoms with Crippen LogP contribution >= 0.6 is 0 Å². The summed E-state index contributed by atoms with van der Waals surface area (Å²) in [7, 11) is 1.78. The van der Waals surface area contributed by atoms with E-state index in [2.05, 4.69) is 10.6 Å². The molecule has 1 heterocycles. The number of carbonyl (C=O) groups is 2. The van der Waals surface area contributed by atoms with E-state index >= 15 is 0 Å². The zero-order chi connectivity index (χ0) is 19.8. The third kappa shape index (κ3) is 5.82. The van der Waals surface area contributed by atoms with Gasteiger partial charge >= 0.3 is 6.03 Å². The average molecular weight is 381 g/mol. The van der Waals surface area contributed by atoms with Crippen molar-refractivity contribution in [2.75, 3.05) is 38.7 Å². The zero-order valence-corrected chi connectivity index (χ0v) is 16.2. The van der Waals surface area contributed by atoms with Crippen LogP contribution in [0.1, 0.15) is 22.3 Å². The minimum atomic E-state index is -0.160. The first-order chi connectivity index (χ1) is 13.6. The Labute approximate surface area is 165 Å². The molecule has 28 heavy (non-hydrogen) atoms. The molecule has 1 aliphatic heterocycles. The largest absolute Gasteiger partial charge is 0.381 e. The minimum Gasteiger partial charge on any atom is -0.381 e. The maximum Gasteiger partial charge on any atom is 0.321 e. The van der Waals surface area contributed by atoms with Crippen LogP contribution in [0.2, 0.25) is 0 Å². The molecule has 0 bridgehead atoms. The van der Waals surface area contributed by atoms with E-state index in [1.54, 1.807) is 36.2 Å². The first-order valence-corrected chi connectivity index (χ1v) is 9.64. The predicted molar refractivity (Wildman–Crippen MR) is 109 cm³/mol. The summed E-state index contributed by atoms with van der Waals surface area (Å²) < 4.78 is 5.35. The second-order valence-corrected chi connectivity index (χ2v) is 7.11. The Balaban J connectivity index is 1.44. The number of nitrogens with zero attached hydrogens (tertiary/aromatic N) is 1. The van der Waals surface area contributed by atoms with Gasteiger partial charge in [-0.25, -0.2) is 4.79 Å². The molecule has 2 N–H and O–H groups in total. The van der Waals surface area contributed by atoms with E-state index in [1.165, 1.54) is 5.56 Å². The lowest BCUT2D eigenvalue weighted by molar-refractivity contribution is 0.0954. The zero-order valence-electron chi connectivity index (χ0n) is 16.2. The summed E-state index contributed by atoms with van der Waals surface area (Å²) >= 11 is 0. The monoisotopic (exact) mass is 381 g/mol. The van der Waals surface area contributed by atoms with Crippen molar-refractivity contribution in [3.05, 3.63) is 65.7 Å². The standard InChI is InChI=1S/C22H27N3O3/c1-25(15-18-12-14-28-16-18)22(27)24-20-9-7-19(8-10-20)21(26)23-13-11-17-5-3-2-4-6-17/h2-10,18H,11-16H2,1H3,(H,23,26)(H,24,27). The van der Waals surface area contributed by atoms with Gasteiger partial charge in [-0.15, -0.1) is 0 Å². The number of benzene rings is 2. The quantitative estimate of drug-likeness (QED) is 0.774. The summed E-state index contributed by atoms with van der Waals surface area (Å²) in [5, 5.41) is 5.78. The van der Waals surface area contributed by atoms with Gasteiger partial charge in [0.05, 0.1) is 6.61 Å². The van der Waals surface area contributed by atoms with Crippen molar-refractivity contribution >= 4 is 17.6 Å². The molecule has 3 amide bonds. The summed E-state index contributed by atoms with van der Waals surface area (Å²) in [6, 6.07) is 16.8. The van der Waals surface area contributed by atoms with Gasteiger partial charge in [-0.3, -0.25) is 4.79 Å². The number of carbonyl (C=O) groups excluding carboxylic acids is 2. The first kappa shape index (κ1) is 19.9. The van der Waals surface area contributed by atoms with Crippen LogP contribution < -0.4 is 10.6 Å². The fourth-order valence-corrected chi connectivity index (χ4v) is 3.19. The van der Waals surface area contributed by atoms with E-state index in [9.17, 15) is 9.59 Å². The molecule has 0 radical (unpaired) electrons. The van der Waals surface area contributed by atoms with Crippen LogP contribution in [0.3, 0.4) is 0 Å². The molecule has 1 unspecified atom stereocenters. The third-order valence-corrected chi connectivity index (χ3v) is 4.84. The molecule has 0 aromatic heterocycles. The second kappa shape index (κ2) is 9.90. The number of hydrogen-bond acceptors (Lipinski definition) is 3. The molecule has 2 aromatic rings. The topological polar surface area (TPSA) is 70.7 Å². The van der Waals surface area contributed by atoms with Crippen LogP contribution in [0, 0.1) is 5.92 Å². The highest BCUT2D eigenvalue weighted by atomic mass is 16.5. The molecule has 2 aromatic carbocycles. The molecule has 6 heteroatoms. The molecular formula is C22H27N3O3. The SMILES string of the molecule is CN(CC1CCOC1)C(=O)Nc1ccc(C(=O)NCCc2ccccc2)cc1. The Kier molecular flexibility index (Phi) is 7.03. The number of urea groups is 1. The minimum absolute atomic E-state index is 0.118. The van der Waals surface area contributed by atoms with E-state index in [1.807, 2.05) is 30.3 Å². The molecular weight excluding hydrogens is 354 g/mol. The molecule has 3 rings (SSSR count). The molecule has 1 atom stereocenters. The molecule has 1 fully saturated rings. The van der Waals surface area contributed by atoms with Gasteiger partial charge in [0.1, 0.15) is 0 Å². The molecule has 0 saturated carbocycles. The maximum absolute atomic E-state index is 12.3. The Morgan fingerprint density at radius 1 is 1.11 bits per heavy atom. The van der Waals surface area contributed by atoms with Crippen LogP contribution in [0.4, 0.5) is 10.5 Å². The van der Waals surface area contributed by atoms with Crippen molar-refractivity contribution < 1.29 is 14.3 Å². The molecule has 6 nitrogen and oxygen atoms in total. The lowest BCUT2D eigenvalue weighted by Gasteiger charge is -2.21. The van der Waals surface area contributed by atoms with Crippen molar-refractivity contribution in [2.45, 2.75) is 12.8 Å². The normalized spacial score (nSPS) is 15.8. The summed E-state index contributed by atoms with van der Waals surface area (Å²) in [6.45, 7) is 2.74. The molecule has 148 valence electrons. The van der Waals surface area contributed by atoms with E-state index in [4.69, 9.17) is 4.74 Å². The predicted octanol–water partition coefficient (Wildman–Crippen LogP) is 3.16. The van der Waals surface area contributed by atoms with E-state index < -0.39 is 0 Å². The third-order valence-electron chi connectivity index (χ3n) is 4.84. The van der Waals surface area contributed by atoms with Crippen molar-refractivity contribution in [1.82, 2.24) is 10.2 Å². The maximum atomic E-state index is 12.3. The van der Waals surface area contributed by atoms with E-state index in [0.29, 0.717) is 36.9 Å².